The van der Waals surface area contributed by atoms with Crippen molar-refractivity contribution in [1.82, 2.24) is 34.1 Å². The molecule has 0 fully saturated rings. The first-order valence-electron chi connectivity index (χ1n) is 9.05. The van der Waals surface area contributed by atoms with Crippen molar-refractivity contribution in [2.75, 3.05) is 0 Å². The summed E-state index contributed by atoms with van der Waals surface area (Å²) in [5.41, 5.74) is 3.34. The minimum Gasteiger partial charge on any atom is -0.324 e. The Morgan fingerprint density at radius 2 is 2.00 bits per heavy atom. The van der Waals surface area contributed by atoms with E-state index < -0.39 is 5.95 Å². The van der Waals surface area contributed by atoms with Gasteiger partial charge in [-0.1, -0.05) is 26.3 Å². The molecule has 0 saturated carbocycles. The summed E-state index contributed by atoms with van der Waals surface area (Å²) in [5.74, 6) is 0.886. The maximum atomic E-state index is 13.5. The number of fused-ring (bicyclic) bond motifs is 1. The Labute approximate surface area is 156 Å². The second kappa shape index (κ2) is 7.22. The van der Waals surface area contributed by atoms with Gasteiger partial charge in [0.1, 0.15) is 12.0 Å². The van der Waals surface area contributed by atoms with Crippen molar-refractivity contribution >= 4 is 5.65 Å². The molecule has 0 atom stereocenters. The van der Waals surface area contributed by atoms with E-state index in [2.05, 4.69) is 32.0 Å². The number of hydrogen-bond acceptors (Lipinski definition) is 5. The molecule has 0 spiro atoms. The molecule has 0 aromatic carbocycles. The molecule has 138 valence electrons. The minimum absolute atomic E-state index is 0.494. The summed E-state index contributed by atoms with van der Waals surface area (Å²) in [5, 5.41) is 4.46. The third-order valence-electron chi connectivity index (χ3n) is 4.41. The van der Waals surface area contributed by atoms with Crippen molar-refractivity contribution in [3.63, 3.8) is 0 Å². The van der Waals surface area contributed by atoms with Crippen LogP contribution < -0.4 is 0 Å². The molecule has 0 amide bonds. The molecule has 0 aliphatic carbocycles. The molecule has 4 rings (SSSR count). The van der Waals surface area contributed by atoms with Gasteiger partial charge in [-0.25, -0.2) is 24.5 Å². The smallest absolute Gasteiger partial charge is 0.213 e. The number of hydrogen-bond donors (Lipinski definition) is 0. The predicted octanol–water partition coefficient (Wildman–Crippen LogP) is 3.09. The van der Waals surface area contributed by atoms with Crippen LogP contribution in [0.15, 0.2) is 36.9 Å². The first-order valence-corrected chi connectivity index (χ1v) is 9.05. The summed E-state index contributed by atoms with van der Waals surface area (Å²) < 4.78 is 17.2. The Morgan fingerprint density at radius 1 is 1.11 bits per heavy atom. The summed E-state index contributed by atoms with van der Waals surface area (Å²) in [6.07, 6.45) is 7.85. The molecule has 8 heteroatoms. The van der Waals surface area contributed by atoms with E-state index in [4.69, 9.17) is 0 Å². The molecule has 0 bridgehead atoms. The van der Waals surface area contributed by atoms with E-state index in [0.29, 0.717) is 18.1 Å². The van der Waals surface area contributed by atoms with Gasteiger partial charge in [-0.3, -0.25) is 0 Å². The third kappa shape index (κ3) is 3.30. The average molecular weight is 365 g/mol. The SMILES string of the molecule is CCCc1c(Cn2ccnc2-c2cccc(F)n2)ncn2nc(CC)nc12. The van der Waals surface area contributed by atoms with Gasteiger partial charge in [0.15, 0.2) is 17.3 Å². The van der Waals surface area contributed by atoms with Gasteiger partial charge in [0.2, 0.25) is 5.95 Å². The van der Waals surface area contributed by atoms with Gasteiger partial charge in [-0.2, -0.15) is 4.39 Å². The quantitative estimate of drug-likeness (QED) is 0.491. The van der Waals surface area contributed by atoms with Crippen molar-refractivity contribution < 1.29 is 4.39 Å². The maximum Gasteiger partial charge on any atom is 0.213 e. The first-order chi connectivity index (χ1) is 13.2. The number of rotatable bonds is 6. The minimum atomic E-state index is -0.524. The van der Waals surface area contributed by atoms with Crippen molar-refractivity contribution in [3.8, 4) is 11.5 Å². The Kier molecular flexibility index (Phi) is 4.62. The molecule has 0 aliphatic heterocycles. The van der Waals surface area contributed by atoms with Crippen LogP contribution in [0.25, 0.3) is 17.2 Å². The van der Waals surface area contributed by atoms with Crippen LogP contribution in [0.3, 0.4) is 0 Å². The van der Waals surface area contributed by atoms with Crippen LogP contribution in [0, 0.1) is 5.95 Å². The largest absolute Gasteiger partial charge is 0.324 e. The lowest BCUT2D eigenvalue weighted by Crippen LogP contribution is -2.09. The summed E-state index contributed by atoms with van der Waals surface area (Å²) in [6, 6.07) is 4.70. The lowest BCUT2D eigenvalue weighted by molar-refractivity contribution is 0.584. The number of halogens is 1. The third-order valence-corrected chi connectivity index (χ3v) is 4.41. The van der Waals surface area contributed by atoms with E-state index in [1.165, 1.54) is 6.07 Å². The van der Waals surface area contributed by atoms with Crippen molar-refractivity contribution in [2.24, 2.45) is 0 Å². The van der Waals surface area contributed by atoms with E-state index in [-0.39, 0.29) is 0 Å². The number of pyridine rings is 1. The van der Waals surface area contributed by atoms with Gasteiger partial charge in [-0.15, -0.1) is 5.10 Å². The molecule has 27 heavy (non-hydrogen) atoms. The summed E-state index contributed by atoms with van der Waals surface area (Å²) in [7, 11) is 0. The predicted molar refractivity (Wildman–Crippen MR) is 98.7 cm³/mol. The zero-order valence-corrected chi connectivity index (χ0v) is 15.3. The van der Waals surface area contributed by atoms with Crippen molar-refractivity contribution in [3.05, 3.63) is 59.9 Å². The zero-order valence-electron chi connectivity index (χ0n) is 15.3. The average Bonchev–Trinajstić information content (AvgIpc) is 3.30. The van der Waals surface area contributed by atoms with Gasteiger partial charge in [-0.05, 0) is 18.6 Å². The summed E-state index contributed by atoms with van der Waals surface area (Å²) >= 11 is 0. The fourth-order valence-electron chi connectivity index (χ4n) is 3.14. The molecule has 0 N–H and O–H groups in total. The molecular formula is C19H20FN7. The maximum absolute atomic E-state index is 13.5. The van der Waals surface area contributed by atoms with Crippen LogP contribution in [0.1, 0.15) is 37.4 Å². The number of aromatic nitrogens is 7. The Morgan fingerprint density at radius 3 is 2.78 bits per heavy atom. The van der Waals surface area contributed by atoms with Crippen LogP contribution in [0.4, 0.5) is 4.39 Å². The Balaban J connectivity index is 1.76. The monoisotopic (exact) mass is 365 g/mol. The van der Waals surface area contributed by atoms with Gasteiger partial charge >= 0.3 is 0 Å². The lowest BCUT2D eigenvalue weighted by Gasteiger charge is -2.11. The molecule has 7 nitrogen and oxygen atoms in total. The van der Waals surface area contributed by atoms with E-state index in [1.54, 1.807) is 29.2 Å². The number of aryl methyl sites for hydroxylation is 2. The van der Waals surface area contributed by atoms with Gasteiger partial charge < -0.3 is 4.57 Å². The molecule has 0 radical (unpaired) electrons. The number of imidazole rings is 1. The zero-order chi connectivity index (χ0) is 18.8. The molecular weight excluding hydrogens is 345 g/mol. The highest BCUT2D eigenvalue weighted by atomic mass is 19.1. The molecule has 0 unspecified atom stereocenters. The first kappa shape index (κ1) is 17.3. The van der Waals surface area contributed by atoms with Crippen LogP contribution >= 0.6 is 0 Å². The van der Waals surface area contributed by atoms with E-state index >= 15 is 0 Å². The second-order valence-corrected chi connectivity index (χ2v) is 6.29. The molecule has 0 saturated heterocycles. The highest BCUT2D eigenvalue weighted by Gasteiger charge is 2.16. The fraction of sp³-hybridized carbons (Fsp3) is 0.316. The molecule has 4 aromatic heterocycles. The van der Waals surface area contributed by atoms with Gasteiger partial charge in [0.05, 0.1) is 12.2 Å². The van der Waals surface area contributed by atoms with E-state index in [9.17, 15) is 4.39 Å². The fourth-order valence-corrected chi connectivity index (χ4v) is 3.14. The standard InChI is InChI=1S/C19H20FN7/c1-3-6-13-15(22-12-27-18(13)24-17(4-2)25-27)11-26-10-9-21-19(26)14-7-5-8-16(20)23-14/h5,7-10,12H,3-4,6,11H2,1-2H3. The normalized spacial score (nSPS) is 11.4. The highest BCUT2D eigenvalue weighted by molar-refractivity contribution is 5.51. The van der Waals surface area contributed by atoms with Crippen LogP contribution in [0.2, 0.25) is 0 Å². The Bertz CT molecular complexity index is 1080. The van der Waals surface area contributed by atoms with E-state index in [1.807, 2.05) is 17.7 Å². The highest BCUT2D eigenvalue weighted by Crippen LogP contribution is 2.20. The topological polar surface area (TPSA) is 73.8 Å². The van der Waals surface area contributed by atoms with Gasteiger partial charge in [0.25, 0.3) is 0 Å². The molecule has 4 heterocycles. The van der Waals surface area contributed by atoms with Crippen LogP contribution in [-0.2, 0) is 19.4 Å². The second-order valence-electron chi connectivity index (χ2n) is 6.29. The van der Waals surface area contributed by atoms with Crippen LogP contribution in [-0.4, -0.2) is 34.1 Å². The van der Waals surface area contributed by atoms with E-state index in [0.717, 1.165) is 42.0 Å². The van der Waals surface area contributed by atoms with Crippen molar-refractivity contribution in [1.29, 1.82) is 0 Å². The van der Waals surface area contributed by atoms with Gasteiger partial charge in [0, 0.05) is 24.4 Å². The number of nitrogens with zero attached hydrogens (tertiary/aromatic N) is 7. The molecule has 4 aromatic rings. The lowest BCUT2D eigenvalue weighted by atomic mass is 10.1. The summed E-state index contributed by atoms with van der Waals surface area (Å²) in [6.45, 7) is 4.67. The molecule has 0 aliphatic rings. The van der Waals surface area contributed by atoms with Crippen LogP contribution in [0.5, 0.6) is 0 Å². The summed E-state index contributed by atoms with van der Waals surface area (Å²) in [4.78, 5) is 17.6. The Hall–Kier alpha value is -3.16. The van der Waals surface area contributed by atoms with Crippen molar-refractivity contribution in [2.45, 2.75) is 39.7 Å².